The van der Waals surface area contributed by atoms with Crippen molar-refractivity contribution in [1.29, 1.82) is 0 Å². The Hall–Kier alpha value is -3.81. The van der Waals surface area contributed by atoms with Crippen LogP contribution in [0.5, 0.6) is 0 Å². The number of aliphatic hydroxyl groups excluding tert-OH is 1. The van der Waals surface area contributed by atoms with Crippen LogP contribution in [0.4, 0.5) is 5.82 Å². The van der Waals surface area contributed by atoms with Gasteiger partial charge < -0.3 is 15.7 Å². The predicted molar refractivity (Wildman–Crippen MR) is 160 cm³/mol. The molecule has 0 atom stereocenters. The van der Waals surface area contributed by atoms with Gasteiger partial charge in [-0.15, -0.1) is 0 Å². The highest BCUT2D eigenvalue weighted by molar-refractivity contribution is 6.18. The molecule has 0 radical (unpaired) electrons. The van der Waals surface area contributed by atoms with Gasteiger partial charge in [-0.2, -0.15) is 0 Å². The quantitative estimate of drug-likeness (QED) is 0.366. The maximum atomic E-state index is 9.42. The Kier molecular flexibility index (Phi) is 8.19. The maximum Gasteiger partial charge on any atom is 0.150 e. The lowest BCUT2D eigenvalue weighted by Crippen LogP contribution is -2.38. The summed E-state index contributed by atoms with van der Waals surface area (Å²) in [4.78, 5) is 16.9. The van der Waals surface area contributed by atoms with Crippen LogP contribution in [0.2, 0.25) is 0 Å². The molecule has 202 valence electrons. The third-order valence-corrected chi connectivity index (χ3v) is 7.63. The van der Waals surface area contributed by atoms with E-state index in [1.54, 1.807) is 6.20 Å². The number of anilines is 1. The van der Waals surface area contributed by atoms with Gasteiger partial charge >= 0.3 is 0 Å². The van der Waals surface area contributed by atoms with Crippen molar-refractivity contribution in [2.75, 3.05) is 32.0 Å². The molecule has 0 spiro atoms. The summed E-state index contributed by atoms with van der Waals surface area (Å²) in [5, 5.41) is 9.42. The van der Waals surface area contributed by atoms with Gasteiger partial charge in [0.15, 0.2) is 0 Å². The monoisotopic (exact) mass is 522 g/mol. The molecule has 0 saturated heterocycles. The van der Waals surface area contributed by atoms with Crippen LogP contribution in [-0.4, -0.2) is 56.3 Å². The van der Waals surface area contributed by atoms with Crippen molar-refractivity contribution >= 4 is 28.3 Å². The number of imidazole rings is 1. The van der Waals surface area contributed by atoms with E-state index < -0.39 is 0 Å². The largest absolute Gasteiger partial charge is 0.395 e. The van der Waals surface area contributed by atoms with Crippen molar-refractivity contribution in [3.05, 3.63) is 96.3 Å². The first-order valence-electron chi connectivity index (χ1n) is 13.9. The first-order valence-corrected chi connectivity index (χ1v) is 13.9. The molecule has 0 unspecified atom stereocenters. The van der Waals surface area contributed by atoms with E-state index in [0.29, 0.717) is 17.7 Å². The van der Waals surface area contributed by atoms with Gasteiger partial charge in [-0.1, -0.05) is 62.1 Å². The minimum absolute atomic E-state index is 0.206. The van der Waals surface area contributed by atoms with E-state index in [9.17, 15) is 5.11 Å². The number of nitrogens with zero attached hydrogens (tertiary/aromatic N) is 5. The zero-order chi connectivity index (χ0) is 27.4. The molecule has 3 aromatic rings. The molecule has 2 heterocycles. The molecule has 0 amide bonds. The van der Waals surface area contributed by atoms with Crippen LogP contribution in [-0.2, 0) is 0 Å². The van der Waals surface area contributed by atoms with Crippen molar-refractivity contribution in [2.24, 2.45) is 10.9 Å². The van der Waals surface area contributed by atoms with Gasteiger partial charge in [-0.3, -0.25) is 4.40 Å². The molecule has 0 aliphatic heterocycles. The molecule has 2 aliphatic carbocycles. The molecule has 2 aromatic heterocycles. The second-order valence-corrected chi connectivity index (χ2v) is 10.4. The standard InChI is InChI=1S/C32H38N6O/c1-4-14-37(16-17-39)21-23-18-26(19-23)32-36-29(30-31(33)34-13-15-38(30)32)25-12-11-22(3)28(20-25)35-27(5-2)24-9-7-6-8-10-24/h5-13,15,20,23,26,39H,3-4,14,16-19,21H2,1-2H3,(H2,33,34)/b27-5-,35-28-/t23-,26+. The normalized spacial score (nSPS) is 20.6. The molecule has 39 heavy (non-hydrogen) atoms. The van der Waals surface area contributed by atoms with E-state index in [-0.39, 0.29) is 6.61 Å². The minimum Gasteiger partial charge on any atom is -0.395 e. The Labute approximate surface area is 230 Å². The summed E-state index contributed by atoms with van der Waals surface area (Å²) < 4.78 is 2.12. The summed E-state index contributed by atoms with van der Waals surface area (Å²) in [5.41, 5.74) is 12.6. The smallest absolute Gasteiger partial charge is 0.150 e. The third kappa shape index (κ3) is 5.65. The lowest BCUT2D eigenvalue weighted by molar-refractivity contribution is 0.132. The fourth-order valence-corrected chi connectivity index (χ4v) is 5.64. The first kappa shape index (κ1) is 26.8. The van der Waals surface area contributed by atoms with Gasteiger partial charge in [-0.05, 0) is 55.9 Å². The average Bonchev–Trinajstić information content (AvgIpc) is 3.31. The van der Waals surface area contributed by atoms with Gasteiger partial charge in [0.25, 0.3) is 0 Å². The summed E-state index contributed by atoms with van der Waals surface area (Å²) in [6, 6.07) is 10.2. The predicted octanol–water partition coefficient (Wildman–Crippen LogP) is 5.52. The number of benzene rings is 1. The number of hydrogen-bond acceptors (Lipinski definition) is 6. The molecule has 0 bridgehead atoms. The highest BCUT2D eigenvalue weighted by atomic mass is 16.3. The van der Waals surface area contributed by atoms with Gasteiger partial charge in [0, 0.05) is 37.0 Å². The Balaban J connectivity index is 1.45. The van der Waals surface area contributed by atoms with Crippen LogP contribution < -0.4 is 5.73 Å². The molecule has 1 aromatic carbocycles. The van der Waals surface area contributed by atoms with Crippen molar-refractivity contribution in [1.82, 2.24) is 19.3 Å². The number of rotatable bonds is 10. The number of nitrogens with two attached hydrogens (primary N) is 1. The molecule has 1 fully saturated rings. The van der Waals surface area contributed by atoms with E-state index in [2.05, 4.69) is 46.0 Å². The molecular weight excluding hydrogens is 484 g/mol. The Bertz CT molecular complexity index is 1450. The van der Waals surface area contributed by atoms with Crippen molar-refractivity contribution in [3.8, 4) is 0 Å². The fourth-order valence-electron chi connectivity index (χ4n) is 5.64. The van der Waals surface area contributed by atoms with Crippen molar-refractivity contribution < 1.29 is 5.11 Å². The summed E-state index contributed by atoms with van der Waals surface area (Å²) in [7, 11) is 0. The highest BCUT2D eigenvalue weighted by Crippen LogP contribution is 2.43. The van der Waals surface area contributed by atoms with Gasteiger partial charge in [-0.25, -0.2) is 15.0 Å². The number of hydrogen-bond donors (Lipinski definition) is 2. The van der Waals surface area contributed by atoms with Crippen LogP contribution in [0.25, 0.3) is 16.8 Å². The van der Waals surface area contributed by atoms with Crippen LogP contribution >= 0.6 is 0 Å². The number of allylic oxidation sites excluding steroid dienone is 6. The van der Waals surface area contributed by atoms with Crippen LogP contribution in [0.3, 0.4) is 0 Å². The maximum absolute atomic E-state index is 9.42. The lowest BCUT2D eigenvalue weighted by atomic mass is 9.74. The lowest BCUT2D eigenvalue weighted by Gasteiger charge is -2.38. The van der Waals surface area contributed by atoms with E-state index >= 15 is 0 Å². The van der Waals surface area contributed by atoms with E-state index in [1.807, 2.05) is 49.5 Å². The molecule has 5 rings (SSSR count). The number of fused-ring (bicyclic) bond motifs is 1. The van der Waals surface area contributed by atoms with E-state index in [1.165, 1.54) is 0 Å². The second-order valence-electron chi connectivity index (χ2n) is 10.4. The average molecular weight is 523 g/mol. The Morgan fingerprint density at radius 3 is 2.74 bits per heavy atom. The SMILES string of the molecule is C=C1C=CC(c2nc([C@H]3C[C@@H](CN(CCC)CCO)C3)n3ccnc(N)c23)=C/C1=N/C(=C\C)c1ccccc1. The van der Waals surface area contributed by atoms with Crippen molar-refractivity contribution in [3.63, 3.8) is 0 Å². The zero-order valence-electron chi connectivity index (χ0n) is 22.9. The summed E-state index contributed by atoms with van der Waals surface area (Å²) in [6.45, 7) is 11.4. The molecular formula is C32H38N6O. The van der Waals surface area contributed by atoms with Crippen LogP contribution in [0.1, 0.15) is 56.1 Å². The number of aliphatic hydroxyl groups is 1. The van der Waals surface area contributed by atoms with Crippen LogP contribution in [0.15, 0.2) is 84.2 Å². The molecule has 7 nitrogen and oxygen atoms in total. The third-order valence-electron chi connectivity index (χ3n) is 7.63. The molecule has 2 aliphatic rings. The number of aliphatic imine (C=N–C) groups is 1. The van der Waals surface area contributed by atoms with Gasteiger partial charge in [0.2, 0.25) is 0 Å². The van der Waals surface area contributed by atoms with E-state index in [0.717, 1.165) is 84.1 Å². The number of nitrogen functional groups attached to an aromatic ring is 1. The van der Waals surface area contributed by atoms with Gasteiger partial charge in [0.05, 0.1) is 18.0 Å². The molecule has 1 saturated carbocycles. The minimum atomic E-state index is 0.206. The molecule has 3 N–H and O–H groups in total. The Morgan fingerprint density at radius 1 is 1.23 bits per heavy atom. The van der Waals surface area contributed by atoms with Crippen molar-refractivity contribution in [2.45, 2.75) is 39.0 Å². The number of aromatic nitrogens is 3. The highest BCUT2D eigenvalue weighted by Gasteiger charge is 2.35. The van der Waals surface area contributed by atoms with E-state index in [4.69, 9.17) is 15.7 Å². The first-order chi connectivity index (χ1) is 19.0. The van der Waals surface area contributed by atoms with Gasteiger partial charge in [0.1, 0.15) is 22.9 Å². The summed E-state index contributed by atoms with van der Waals surface area (Å²) in [6.07, 6.45) is 15.1. The van der Waals surface area contributed by atoms with Crippen LogP contribution in [0, 0.1) is 5.92 Å². The zero-order valence-corrected chi connectivity index (χ0v) is 22.9. The summed E-state index contributed by atoms with van der Waals surface area (Å²) in [5.74, 6) is 2.47. The fraction of sp³-hybridized carbons (Fsp3) is 0.344. The topological polar surface area (TPSA) is 92.0 Å². The summed E-state index contributed by atoms with van der Waals surface area (Å²) >= 11 is 0. The Morgan fingerprint density at radius 2 is 2.03 bits per heavy atom. The second kappa shape index (κ2) is 11.9. The molecule has 7 heteroatoms.